The maximum Gasteiger partial charge on any atom is 0.153 e. The van der Waals surface area contributed by atoms with E-state index in [9.17, 15) is 0 Å². The quantitative estimate of drug-likeness (QED) is 0.653. The Balaban J connectivity index is 2.40. The van der Waals surface area contributed by atoms with Gasteiger partial charge in [-0.1, -0.05) is 12.1 Å². The number of nitrogens with zero attached hydrogens (tertiary/aromatic N) is 1. The standard InChI is InChI=1S/C9H13N3/c1-2-12-8-6-4-3-5-7(8)11-9(12)10/h3-6,9,11H,2,10H2,1H3. The van der Waals surface area contributed by atoms with Crippen LogP contribution in [0, 0.1) is 0 Å². The Morgan fingerprint density at radius 1 is 1.50 bits per heavy atom. The van der Waals surface area contributed by atoms with Gasteiger partial charge in [0.2, 0.25) is 0 Å². The molecule has 1 aliphatic rings. The van der Waals surface area contributed by atoms with Crippen LogP contribution in [-0.4, -0.2) is 12.8 Å². The maximum absolute atomic E-state index is 5.85. The van der Waals surface area contributed by atoms with E-state index in [1.807, 2.05) is 18.2 Å². The molecular formula is C9H13N3. The molecule has 0 bridgehead atoms. The minimum atomic E-state index is -0.0626. The molecule has 12 heavy (non-hydrogen) atoms. The van der Waals surface area contributed by atoms with Gasteiger partial charge in [0.05, 0.1) is 11.4 Å². The van der Waals surface area contributed by atoms with Crippen molar-refractivity contribution in [1.29, 1.82) is 0 Å². The Hall–Kier alpha value is -1.22. The average molecular weight is 163 g/mol. The van der Waals surface area contributed by atoms with Crippen LogP contribution in [0.5, 0.6) is 0 Å². The van der Waals surface area contributed by atoms with Crippen LogP contribution in [0.25, 0.3) is 0 Å². The van der Waals surface area contributed by atoms with Crippen molar-refractivity contribution in [2.45, 2.75) is 13.2 Å². The molecule has 0 saturated heterocycles. The monoisotopic (exact) mass is 163 g/mol. The number of para-hydroxylation sites is 2. The van der Waals surface area contributed by atoms with Gasteiger partial charge in [-0.3, -0.25) is 5.73 Å². The second-order valence-corrected chi connectivity index (χ2v) is 2.89. The summed E-state index contributed by atoms with van der Waals surface area (Å²) in [5, 5.41) is 3.20. The highest BCUT2D eigenvalue weighted by molar-refractivity contribution is 5.75. The maximum atomic E-state index is 5.85. The second-order valence-electron chi connectivity index (χ2n) is 2.89. The van der Waals surface area contributed by atoms with Gasteiger partial charge >= 0.3 is 0 Å². The van der Waals surface area contributed by atoms with Gasteiger partial charge in [-0.25, -0.2) is 0 Å². The largest absolute Gasteiger partial charge is 0.351 e. The molecule has 2 rings (SSSR count). The van der Waals surface area contributed by atoms with Crippen LogP contribution in [0.3, 0.4) is 0 Å². The summed E-state index contributed by atoms with van der Waals surface area (Å²) in [4.78, 5) is 2.13. The third-order valence-electron chi connectivity index (χ3n) is 2.19. The fourth-order valence-corrected chi connectivity index (χ4v) is 1.60. The van der Waals surface area contributed by atoms with Gasteiger partial charge < -0.3 is 10.2 Å². The van der Waals surface area contributed by atoms with Crippen LogP contribution in [0.4, 0.5) is 11.4 Å². The lowest BCUT2D eigenvalue weighted by molar-refractivity contribution is 0.719. The molecule has 0 aliphatic carbocycles. The summed E-state index contributed by atoms with van der Waals surface area (Å²) in [5.74, 6) is 0. The van der Waals surface area contributed by atoms with Gasteiger partial charge in [0, 0.05) is 6.54 Å². The third-order valence-corrected chi connectivity index (χ3v) is 2.19. The number of hydrogen-bond acceptors (Lipinski definition) is 3. The Kier molecular flexibility index (Phi) is 1.66. The van der Waals surface area contributed by atoms with E-state index in [4.69, 9.17) is 5.73 Å². The summed E-state index contributed by atoms with van der Waals surface area (Å²) in [7, 11) is 0. The molecule has 1 unspecified atom stereocenters. The van der Waals surface area contributed by atoms with Crippen molar-refractivity contribution in [1.82, 2.24) is 0 Å². The van der Waals surface area contributed by atoms with Crippen LogP contribution >= 0.6 is 0 Å². The lowest BCUT2D eigenvalue weighted by Crippen LogP contribution is -2.42. The van der Waals surface area contributed by atoms with Crippen molar-refractivity contribution in [2.75, 3.05) is 16.8 Å². The molecular weight excluding hydrogens is 150 g/mol. The predicted octanol–water partition coefficient (Wildman–Crippen LogP) is 1.18. The molecule has 1 aromatic carbocycles. The van der Waals surface area contributed by atoms with Gasteiger partial charge in [-0.15, -0.1) is 0 Å². The molecule has 3 nitrogen and oxygen atoms in total. The number of nitrogens with two attached hydrogens (primary N) is 1. The number of hydrogen-bond donors (Lipinski definition) is 2. The molecule has 0 amide bonds. The highest BCUT2D eigenvalue weighted by Crippen LogP contribution is 2.31. The molecule has 1 atom stereocenters. The molecule has 1 aromatic rings. The second kappa shape index (κ2) is 2.68. The van der Waals surface area contributed by atoms with Crippen LogP contribution in [0.15, 0.2) is 24.3 Å². The van der Waals surface area contributed by atoms with E-state index in [1.165, 1.54) is 5.69 Å². The van der Waals surface area contributed by atoms with Gasteiger partial charge in [0.1, 0.15) is 0 Å². The first-order valence-corrected chi connectivity index (χ1v) is 4.20. The molecule has 3 N–H and O–H groups in total. The van der Waals surface area contributed by atoms with Gasteiger partial charge in [0.15, 0.2) is 6.29 Å². The lowest BCUT2D eigenvalue weighted by atomic mass is 10.3. The minimum absolute atomic E-state index is 0.0626. The molecule has 1 aliphatic heterocycles. The zero-order chi connectivity index (χ0) is 8.55. The number of fused-ring (bicyclic) bond motifs is 1. The molecule has 0 saturated carbocycles. The molecule has 1 heterocycles. The van der Waals surface area contributed by atoms with Crippen LogP contribution < -0.4 is 16.0 Å². The summed E-state index contributed by atoms with van der Waals surface area (Å²) in [6, 6.07) is 8.17. The minimum Gasteiger partial charge on any atom is -0.351 e. The topological polar surface area (TPSA) is 41.3 Å². The Morgan fingerprint density at radius 3 is 3.00 bits per heavy atom. The van der Waals surface area contributed by atoms with E-state index in [0.29, 0.717) is 0 Å². The summed E-state index contributed by atoms with van der Waals surface area (Å²) >= 11 is 0. The smallest absolute Gasteiger partial charge is 0.153 e. The van der Waals surface area contributed by atoms with Crippen molar-refractivity contribution in [3.05, 3.63) is 24.3 Å². The lowest BCUT2D eigenvalue weighted by Gasteiger charge is -2.20. The van der Waals surface area contributed by atoms with E-state index in [-0.39, 0.29) is 6.29 Å². The van der Waals surface area contributed by atoms with E-state index in [2.05, 4.69) is 23.2 Å². The van der Waals surface area contributed by atoms with Crippen LogP contribution in [0.2, 0.25) is 0 Å². The average Bonchev–Trinajstić information content (AvgIpc) is 2.40. The first-order valence-electron chi connectivity index (χ1n) is 4.20. The Bertz CT molecular complexity index is 285. The third kappa shape index (κ3) is 0.940. The number of rotatable bonds is 1. The summed E-state index contributed by atoms with van der Waals surface area (Å²) in [6.45, 7) is 3.04. The van der Waals surface area contributed by atoms with Gasteiger partial charge in [-0.05, 0) is 19.1 Å². The highest BCUT2D eigenvalue weighted by atomic mass is 15.4. The SMILES string of the molecule is CCN1c2ccccc2NC1N. The number of anilines is 2. The normalized spacial score (nSPS) is 20.5. The molecule has 64 valence electrons. The number of benzene rings is 1. The van der Waals surface area contributed by atoms with Gasteiger partial charge in [-0.2, -0.15) is 0 Å². The van der Waals surface area contributed by atoms with Crippen molar-refractivity contribution in [2.24, 2.45) is 5.73 Å². The predicted molar refractivity (Wildman–Crippen MR) is 51.1 cm³/mol. The number of nitrogens with one attached hydrogen (secondary N) is 1. The molecule has 3 heteroatoms. The van der Waals surface area contributed by atoms with Crippen LogP contribution in [0.1, 0.15) is 6.92 Å². The van der Waals surface area contributed by atoms with E-state index in [0.717, 1.165) is 12.2 Å². The molecule has 0 radical (unpaired) electrons. The van der Waals surface area contributed by atoms with Crippen molar-refractivity contribution < 1.29 is 0 Å². The molecule has 0 aromatic heterocycles. The first kappa shape index (κ1) is 7.43. The molecule has 0 spiro atoms. The summed E-state index contributed by atoms with van der Waals surface area (Å²) in [6.07, 6.45) is -0.0626. The van der Waals surface area contributed by atoms with E-state index < -0.39 is 0 Å². The fraction of sp³-hybridized carbons (Fsp3) is 0.333. The Labute approximate surface area is 72.2 Å². The first-order chi connectivity index (χ1) is 5.83. The summed E-state index contributed by atoms with van der Waals surface area (Å²) in [5.41, 5.74) is 8.19. The Morgan fingerprint density at radius 2 is 2.25 bits per heavy atom. The van der Waals surface area contributed by atoms with Gasteiger partial charge in [0.25, 0.3) is 0 Å². The van der Waals surface area contributed by atoms with Crippen molar-refractivity contribution in [3.8, 4) is 0 Å². The summed E-state index contributed by atoms with van der Waals surface area (Å²) < 4.78 is 0. The van der Waals surface area contributed by atoms with E-state index in [1.54, 1.807) is 0 Å². The fourth-order valence-electron chi connectivity index (χ4n) is 1.60. The van der Waals surface area contributed by atoms with Crippen molar-refractivity contribution in [3.63, 3.8) is 0 Å². The highest BCUT2D eigenvalue weighted by Gasteiger charge is 2.22. The molecule has 0 fully saturated rings. The zero-order valence-corrected chi connectivity index (χ0v) is 7.12. The van der Waals surface area contributed by atoms with E-state index >= 15 is 0 Å². The zero-order valence-electron chi connectivity index (χ0n) is 7.12. The van der Waals surface area contributed by atoms with Crippen LogP contribution in [-0.2, 0) is 0 Å². The van der Waals surface area contributed by atoms with Crippen molar-refractivity contribution >= 4 is 11.4 Å².